The Morgan fingerprint density at radius 3 is 2.07 bits per heavy atom. The van der Waals surface area contributed by atoms with Gasteiger partial charge in [-0.15, -0.1) is 0 Å². The van der Waals surface area contributed by atoms with Crippen LogP contribution in [0.1, 0.15) is 6.92 Å². The Morgan fingerprint density at radius 1 is 1.00 bits per heavy atom. The van der Waals surface area contributed by atoms with Gasteiger partial charge in [-0.2, -0.15) is 0 Å². The van der Waals surface area contributed by atoms with Crippen LogP contribution in [0.4, 0.5) is 0 Å². The Bertz CT molecular complexity index is 520. The van der Waals surface area contributed by atoms with Crippen molar-refractivity contribution in [3.63, 3.8) is 0 Å². The summed E-state index contributed by atoms with van der Waals surface area (Å²) >= 11 is 2.59. The first-order valence-electron chi connectivity index (χ1n) is 8.04. The molecule has 0 unspecified atom stereocenters. The standard InChI is InChI=1S/C14H23BrO12/c1-4(18)14(27-15)10(21)6(3-17)25-13(11(14)22)26-9-5(2-16)24-12(23)8(20)7(9)19/h5-13,16-17,19-23H,2-3H2,1H3/t5-,6-,7-,8-,9-,10-,11+,12-,13-,14+/m1/s1. The molecule has 2 fully saturated rings. The summed E-state index contributed by atoms with van der Waals surface area (Å²) in [4.78, 5) is 12.1. The molecule has 0 radical (unpaired) electrons. The van der Waals surface area contributed by atoms with Gasteiger partial charge in [0, 0.05) is 0 Å². The lowest BCUT2D eigenvalue weighted by atomic mass is 9.81. The number of ketones is 1. The summed E-state index contributed by atoms with van der Waals surface area (Å²) in [5, 5.41) is 69.1. The highest BCUT2D eigenvalue weighted by Gasteiger charge is 2.61. The molecule has 0 aromatic heterocycles. The van der Waals surface area contributed by atoms with Crippen LogP contribution in [0.2, 0.25) is 0 Å². The molecule has 10 atom stereocenters. The Kier molecular flexibility index (Phi) is 7.68. The molecular weight excluding hydrogens is 440 g/mol. The van der Waals surface area contributed by atoms with Gasteiger partial charge in [-0.1, -0.05) is 0 Å². The first-order valence-corrected chi connectivity index (χ1v) is 8.69. The molecule has 13 heteroatoms. The summed E-state index contributed by atoms with van der Waals surface area (Å²) in [6, 6.07) is 0. The van der Waals surface area contributed by atoms with E-state index in [1.165, 1.54) is 0 Å². The molecule has 2 rings (SSSR count). The molecule has 0 saturated carbocycles. The highest BCUT2D eigenvalue weighted by atomic mass is 79.9. The summed E-state index contributed by atoms with van der Waals surface area (Å²) in [5.41, 5.74) is -2.27. The third kappa shape index (κ3) is 3.92. The fourth-order valence-electron chi connectivity index (χ4n) is 3.18. The van der Waals surface area contributed by atoms with Gasteiger partial charge in [0.1, 0.15) is 59.0 Å². The maximum Gasteiger partial charge on any atom is 0.199 e. The number of carbonyl (C=O) groups excluding carboxylic acids is 1. The molecule has 2 heterocycles. The molecule has 0 amide bonds. The van der Waals surface area contributed by atoms with E-state index >= 15 is 0 Å². The van der Waals surface area contributed by atoms with Crippen molar-refractivity contribution >= 4 is 22.0 Å². The van der Waals surface area contributed by atoms with E-state index in [0.717, 1.165) is 6.92 Å². The van der Waals surface area contributed by atoms with Crippen molar-refractivity contribution in [1.29, 1.82) is 0 Å². The fourth-order valence-corrected chi connectivity index (χ4v) is 3.79. The maximum absolute atomic E-state index is 12.1. The van der Waals surface area contributed by atoms with Gasteiger partial charge in [0.15, 0.2) is 24.0 Å². The van der Waals surface area contributed by atoms with Crippen molar-refractivity contribution in [2.24, 2.45) is 0 Å². The second-order valence-electron chi connectivity index (χ2n) is 6.37. The third-order valence-electron chi connectivity index (χ3n) is 4.79. The minimum atomic E-state index is -2.27. The highest BCUT2D eigenvalue weighted by Crippen LogP contribution is 2.37. The largest absolute Gasteiger partial charge is 0.394 e. The number of hydrogen-bond donors (Lipinski definition) is 7. The molecule has 0 spiro atoms. The van der Waals surface area contributed by atoms with Crippen molar-refractivity contribution < 1.29 is 58.6 Å². The van der Waals surface area contributed by atoms with Crippen LogP contribution in [-0.4, -0.2) is 116 Å². The number of rotatable bonds is 6. The minimum absolute atomic E-state index is 0.729. The number of carbonyl (C=O) groups is 1. The van der Waals surface area contributed by atoms with E-state index in [9.17, 15) is 40.5 Å². The molecular formula is C14H23BrO12. The first kappa shape index (κ1) is 23.0. The zero-order valence-electron chi connectivity index (χ0n) is 14.2. The molecule has 2 saturated heterocycles. The lowest BCUT2D eigenvalue weighted by Crippen LogP contribution is -2.72. The molecule has 27 heavy (non-hydrogen) atoms. The molecule has 2 aliphatic rings. The van der Waals surface area contributed by atoms with Gasteiger partial charge in [0.05, 0.1) is 13.2 Å². The highest BCUT2D eigenvalue weighted by molar-refractivity contribution is 9.06. The Labute approximate surface area is 162 Å². The van der Waals surface area contributed by atoms with Crippen LogP contribution in [0.5, 0.6) is 0 Å². The molecule has 12 nitrogen and oxygen atoms in total. The van der Waals surface area contributed by atoms with Crippen LogP contribution in [0.25, 0.3) is 0 Å². The maximum atomic E-state index is 12.1. The lowest BCUT2D eigenvalue weighted by Gasteiger charge is -2.49. The predicted molar refractivity (Wildman–Crippen MR) is 86.0 cm³/mol. The normalized spacial score (nSPS) is 48.4. The Balaban J connectivity index is 2.32. The van der Waals surface area contributed by atoms with Crippen LogP contribution in [-0.2, 0) is 22.8 Å². The number of aliphatic hydroxyl groups is 7. The van der Waals surface area contributed by atoms with Crippen LogP contribution < -0.4 is 0 Å². The molecule has 2 aliphatic heterocycles. The second-order valence-corrected chi connectivity index (χ2v) is 6.69. The average Bonchev–Trinajstić information content (AvgIpc) is 2.64. The Hall–Kier alpha value is -0.290. The number of aliphatic hydroxyl groups excluding tert-OH is 7. The summed E-state index contributed by atoms with van der Waals surface area (Å²) in [5.74, 6) is -0.815. The minimum Gasteiger partial charge on any atom is -0.394 e. The summed E-state index contributed by atoms with van der Waals surface area (Å²) in [7, 11) is 0. The fraction of sp³-hybridized carbons (Fsp3) is 0.929. The Morgan fingerprint density at radius 2 is 1.59 bits per heavy atom. The van der Waals surface area contributed by atoms with Gasteiger partial charge in [-0.05, 0) is 6.92 Å². The molecule has 0 aromatic carbocycles. The van der Waals surface area contributed by atoms with Crippen molar-refractivity contribution in [3.8, 4) is 0 Å². The van der Waals surface area contributed by atoms with Gasteiger partial charge < -0.3 is 50.0 Å². The van der Waals surface area contributed by atoms with Crippen molar-refractivity contribution in [3.05, 3.63) is 0 Å². The van der Waals surface area contributed by atoms with Gasteiger partial charge in [-0.3, -0.25) is 8.62 Å². The number of Topliss-reactive ketones (excluding diaryl/α,β-unsaturated/α-hetero) is 1. The summed E-state index contributed by atoms with van der Waals surface area (Å²) < 4.78 is 20.5. The van der Waals surface area contributed by atoms with E-state index in [0.29, 0.717) is 0 Å². The number of halogens is 1. The summed E-state index contributed by atoms with van der Waals surface area (Å²) in [6.45, 7) is -0.472. The quantitative estimate of drug-likeness (QED) is 0.201. The molecule has 158 valence electrons. The third-order valence-corrected chi connectivity index (χ3v) is 5.32. The van der Waals surface area contributed by atoms with E-state index in [1.807, 2.05) is 0 Å². The van der Waals surface area contributed by atoms with Crippen LogP contribution in [0, 0.1) is 0 Å². The monoisotopic (exact) mass is 462 g/mol. The smallest absolute Gasteiger partial charge is 0.199 e. The van der Waals surface area contributed by atoms with Crippen LogP contribution in [0.3, 0.4) is 0 Å². The topological polar surface area (TPSA) is 196 Å². The zero-order chi connectivity index (χ0) is 20.5. The van der Waals surface area contributed by atoms with Gasteiger partial charge in [-0.25, -0.2) is 0 Å². The second kappa shape index (κ2) is 9.02. The van der Waals surface area contributed by atoms with E-state index in [4.69, 9.17) is 18.0 Å². The van der Waals surface area contributed by atoms with Crippen LogP contribution in [0.15, 0.2) is 0 Å². The van der Waals surface area contributed by atoms with Crippen molar-refractivity contribution in [2.75, 3.05) is 13.2 Å². The average molecular weight is 463 g/mol. The summed E-state index contributed by atoms with van der Waals surface area (Å²) in [6.07, 6.45) is -15.0. The lowest BCUT2D eigenvalue weighted by molar-refractivity contribution is -0.360. The predicted octanol–water partition coefficient (Wildman–Crippen LogP) is -4.10. The molecule has 0 bridgehead atoms. The van der Waals surface area contributed by atoms with E-state index < -0.39 is 79.9 Å². The molecule has 0 aliphatic carbocycles. The number of hydrogen-bond acceptors (Lipinski definition) is 12. The number of ether oxygens (including phenoxy) is 3. The van der Waals surface area contributed by atoms with E-state index in [1.54, 1.807) is 0 Å². The molecule has 0 aromatic rings. The first-order chi connectivity index (χ1) is 12.6. The van der Waals surface area contributed by atoms with Gasteiger partial charge in [0.25, 0.3) is 0 Å². The van der Waals surface area contributed by atoms with Crippen molar-refractivity contribution in [1.82, 2.24) is 0 Å². The zero-order valence-corrected chi connectivity index (χ0v) is 15.7. The van der Waals surface area contributed by atoms with Crippen LogP contribution >= 0.6 is 16.3 Å². The van der Waals surface area contributed by atoms with E-state index in [-0.39, 0.29) is 0 Å². The van der Waals surface area contributed by atoms with Crippen molar-refractivity contribution in [2.45, 2.75) is 67.8 Å². The van der Waals surface area contributed by atoms with Gasteiger partial charge >= 0.3 is 0 Å². The molecule has 7 N–H and O–H groups in total. The van der Waals surface area contributed by atoms with Gasteiger partial charge in [0.2, 0.25) is 0 Å². The SMILES string of the molecule is CC(=O)[C@]1(OBr)[C@H](O)[C@@H](CO)O[C@H](O[C@H]2[C@H](O)[C@@H](O)[C@H](O)O[C@@H]2CO)[C@@H]1O. The van der Waals surface area contributed by atoms with E-state index in [2.05, 4.69) is 16.3 Å².